The van der Waals surface area contributed by atoms with Gasteiger partial charge in [-0.3, -0.25) is 9.36 Å². The molecule has 4 rings (SSSR count). The fourth-order valence-corrected chi connectivity index (χ4v) is 4.94. The summed E-state index contributed by atoms with van der Waals surface area (Å²) in [5.41, 5.74) is 5.81. The van der Waals surface area contributed by atoms with Crippen molar-refractivity contribution in [2.24, 2.45) is 5.10 Å². The second kappa shape index (κ2) is 11.5. The average Bonchev–Trinajstić information content (AvgIpc) is 3.28. The van der Waals surface area contributed by atoms with Crippen molar-refractivity contribution < 1.29 is 4.79 Å². The zero-order valence-corrected chi connectivity index (χ0v) is 20.3. The summed E-state index contributed by atoms with van der Waals surface area (Å²) in [5.74, 6) is 0.875. The van der Waals surface area contributed by atoms with Gasteiger partial charge in [-0.1, -0.05) is 73.8 Å². The molecule has 1 fully saturated rings. The molecule has 1 aromatic heterocycles. The van der Waals surface area contributed by atoms with E-state index in [0.717, 1.165) is 41.4 Å². The van der Waals surface area contributed by atoms with Gasteiger partial charge in [-0.05, 0) is 54.7 Å². The Kier molecular flexibility index (Phi) is 8.18. The Morgan fingerprint density at radius 2 is 1.85 bits per heavy atom. The van der Waals surface area contributed by atoms with Gasteiger partial charge in [-0.2, -0.15) is 5.10 Å². The highest BCUT2D eigenvalue weighted by Crippen LogP contribution is 2.35. The molecule has 0 atom stereocenters. The number of aromatic nitrogens is 3. The molecule has 6 nitrogen and oxygen atoms in total. The molecule has 1 N–H and O–H groups in total. The molecule has 1 aliphatic carbocycles. The molecule has 3 aromatic rings. The molecule has 0 bridgehead atoms. The van der Waals surface area contributed by atoms with Crippen LogP contribution in [0.2, 0.25) is 5.02 Å². The standard InChI is InChI=1S/C25H28ClN5OS/c1-2-18-8-10-19(11-9-18)16-27-28-23(32)17-33-25-30-29-24(20-12-14-21(26)15-13-20)31(25)22-6-4-3-5-7-22/h8-16,22H,2-7,17H2,1H3,(H,28,32)/b27-16-. The molecule has 0 saturated heterocycles. The van der Waals surface area contributed by atoms with Gasteiger partial charge in [-0.25, -0.2) is 5.43 Å². The van der Waals surface area contributed by atoms with E-state index in [2.05, 4.69) is 44.3 Å². The highest BCUT2D eigenvalue weighted by atomic mass is 35.5. The SMILES string of the molecule is CCc1ccc(/C=N\NC(=O)CSc2nnc(-c3ccc(Cl)cc3)n2C2CCCCC2)cc1. The Balaban J connectivity index is 1.42. The number of thioether (sulfide) groups is 1. The van der Waals surface area contributed by atoms with E-state index < -0.39 is 0 Å². The van der Waals surface area contributed by atoms with Crippen LogP contribution in [0.5, 0.6) is 0 Å². The van der Waals surface area contributed by atoms with Crippen LogP contribution in [0.4, 0.5) is 0 Å². The summed E-state index contributed by atoms with van der Waals surface area (Å²) >= 11 is 7.46. The number of halogens is 1. The van der Waals surface area contributed by atoms with Crippen molar-refractivity contribution in [2.45, 2.75) is 56.6 Å². The van der Waals surface area contributed by atoms with Crippen LogP contribution < -0.4 is 5.43 Å². The van der Waals surface area contributed by atoms with Gasteiger partial charge in [0.2, 0.25) is 0 Å². The van der Waals surface area contributed by atoms with Crippen molar-refractivity contribution in [1.82, 2.24) is 20.2 Å². The van der Waals surface area contributed by atoms with Crippen LogP contribution in [0.25, 0.3) is 11.4 Å². The number of nitrogens with one attached hydrogen (secondary N) is 1. The third kappa shape index (κ3) is 6.24. The smallest absolute Gasteiger partial charge is 0.250 e. The summed E-state index contributed by atoms with van der Waals surface area (Å²) in [6.07, 6.45) is 8.50. The maximum Gasteiger partial charge on any atom is 0.250 e. The van der Waals surface area contributed by atoms with Crippen LogP contribution in [0, 0.1) is 0 Å². The van der Waals surface area contributed by atoms with Gasteiger partial charge in [0.15, 0.2) is 11.0 Å². The fraction of sp³-hybridized carbons (Fsp3) is 0.360. The van der Waals surface area contributed by atoms with Gasteiger partial charge in [-0.15, -0.1) is 10.2 Å². The molecule has 0 spiro atoms. The summed E-state index contributed by atoms with van der Waals surface area (Å²) in [4.78, 5) is 12.4. The third-order valence-electron chi connectivity index (χ3n) is 5.83. The lowest BCUT2D eigenvalue weighted by Crippen LogP contribution is -2.20. The Hall–Kier alpha value is -2.64. The molecule has 172 valence electrons. The van der Waals surface area contributed by atoms with Crippen molar-refractivity contribution in [1.29, 1.82) is 0 Å². The summed E-state index contributed by atoms with van der Waals surface area (Å²) < 4.78 is 2.21. The molecule has 1 amide bonds. The van der Waals surface area contributed by atoms with Gasteiger partial charge in [0.05, 0.1) is 12.0 Å². The Bertz CT molecular complexity index is 1090. The maximum atomic E-state index is 12.4. The molecule has 2 aromatic carbocycles. The summed E-state index contributed by atoms with van der Waals surface area (Å²) in [6, 6.07) is 16.1. The van der Waals surface area contributed by atoms with Crippen LogP contribution in [0.15, 0.2) is 58.8 Å². The Morgan fingerprint density at radius 3 is 2.55 bits per heavy atom. The molecular weight excluding hydrogens is 454 g/mol. The van der Waals surface area contributed by atoms with Gasteiger partial charge in [0.1, 0.15) is 0 Å². The normalized spacial score (nSPS) is 14.6. The van der Waals surface area contributed by atoms with Crippen molar-refractivity contribution >= 4 is 35.5 Å². The van der Waals surface area contributed by atoms with Crippen LogP contribution in [-0.2, 0) is 11.2 Å². The lowest BCUT2D eigenvalue weighted by molar-refractivity contribution is -0.118. The fourth-order valence-electron chi connectivity index (χ4n) is 4.02. The number of nitrogens with zero attached hydrogens (tertiary/aromatic N) is 4. The van der Waals surface area contributed by atoms with Gasteiger partial charge >= 0.3 is 0 Å². The number of rotatable bonds is 8. The quantitative estimate of drug-likeness (QED) is 0.246. The first-order valence-corrected chi connectivity index (χ1v) is 12.7. The van der Waals surface area contributed by atoms with Crippen molar-refractivity contribution in [3.05, 3.63) is 64.7 Å². The first-order chi connectivity index (χ1) is 16.1. The maximum absolute atomic E-state index is 12.4. The minimum atomic E-state index is -0.173. The number of hydrazone groups is 1. The molecule has 0 aliphatic heterocycles. The number of benzene rings is 2. The zero-order chi connectivity index (χ0) is 23.0. The van der Waals surface area contributed by atoms with Crippen LogP contribution >= 0.6 is 23.4 Å². The number of carbonyl (C=O) groups is 1. The molecule has 1 heterocycles. The topological polar surface area (TPSA) is 72.2 Å². The van der Waals surface area contributed by atoms with E-state index in [1.807, 2.05) is 36.4 Å². The first-order valence-electron chi connectivity index (χ1n) is 11.4. The predicted octanol–water partition coefficient (Wildman–Crippen LogP) is 5.91. The molecule has 0 radical (unpaired) electrons. The van der Waals surface area contributed by atoms with Gasteiger partial charge in [0, 0.05) is 16.6 Å². The Labute approximate surface area is 203 Å². The number of carbonyl (C=O) groups excluding carboxylic acids is 1. The Morgan fingerprint density at radius 1 is 1.12 bits per heavy atom. The average molecular weight is 482 g/mol. The summed E-state index contributed by atoms with van der Waals surface area (Å²) in [5, 5.41) is 14.4. The van der Waals surface area contributed by atoms with Crippen molar-refractivity contribution in [2.75, 3.05) is 5.75 Å². The number of aryl methyl sites for hydroxylation is 1. The lowest BCUT2D eigenvalue weighted by atomic mass is 9.95. The predicted molar refractivity (Wildman–Crippen MR) is 135 cm³/mol. The zero-order valence-electron chi connectivity index (χ0n) is 18.7. The monoisotopic (exact) mass is 481 g/mol. The molecular formula is C25H28ClN5OS. The van der Waals surface area contributed by atoms with Crippen LogP contribution in [0.1, 0.15) is 56.2 Å². The van der Waals surface area contributed by atoms with E-state index in [0.29, 0.717) is 11.1 Å². The molecule has 33 heavy (non-hydrogen) atoms. The lowest BCUT2D eigenvalue weighted by Gasteiger charge is -2.25. The molecule has 1 aliphatic rings. The van der Waals surface area contributed by atoms with Crippen molar-refractivity contribution in [3.63, 3.8) is 0 Å². The van der Waals surface area contributed by atoms with Crippen LogP contribution in [-0.4, -0.2) is 32.6 Å². The number of hydrogen-bond donors (Lipinski definition) is 1. The van der Waals surface area contributed by atoms with E-state index in [1.165, 1.54) is 36.6 Å². The first kappa shape index (κ1) is 23.5. The van der Waals surface area contributed by atoms with E-state index >= 15 is 0 Å². The van der Waals surface area contributed by atoms with E-state index in [1.54, 1.807) is 6.21 Å². The number of hydrogen-bond acceptors (Lipinski definition) is 5. The van der Waals surface area contributed by atoms with Gasteiger partial charge < -0.3 is 0 Å². The molecule has 8 heteroatoms. The number of amides is 1. The van der Waals surface area contributed by atoms with Gasteiger partial charge in [0.25, 0.3) is 5.91 Å². The van der Waals surface area contributed by atoms with Crippen molar-refractivity contribution in [3.8, 4) is 11.4 Å². The second-order valence-electron chi connectivity index (χ2n) is 8.15. The highest BCUT2D eigenvalue weighted by molar-refractivity contribution is 7.99. The molecule has 1 saturated carbocycles. The summed E-state index contributed by atoms with van der Waals surface area (Å²) in [7, 11) is 0. The largest absolute Gasteiger partial charge is 0.299 e. The minimum absolute atomic E-state index is 0.173. The minimum Gasteiger partial charge on any atom is -0.299 e. The van der Waals surface area contributed by atoms with E-state index in [9.17, 15) is 4.79 Å². The summed E-state index contributed by atoms with van der Waals surface area (Å²) in [6.45, 7) is 2.12. The van der Waals surface area contributed by atoms with Crippen LogP contribution in [0.3, 0.4) is 0 Å². The van der Waals surface area contributed by atoms with E-state index in [4.69, 9.17) is 11.6 Å². The second-order valence-corrected chi connectivity index (χ2v) is 9.53. The molecule has 0 unspecified atom stereocenters. The third-order valence-corrected chi connectivity index (χ3v) is 7.03. The van der Waals surface area contributed by atoms with E-state index in [-0.39, 0.29) is 11.7 Å². The highest BCUT2D eigenvalue weighted by Gasteiger charge is 2.24.